The summed E-state index contributed by atoms with van der Waals surface area (Å²) in [5.41, 5.74) is 0. The van der Waals surface area contributed by atoms with E-state index in [9.17, 15) is 0 Å². The monoisotopic (exact) mass is 143 g/mol. The average Bonchev–Trinajstić information content (AvgIpc) is 2.05. The molecule has 1 aliphatic carbocycles. The SMILES string of the molecule is CN[C@H]1CCC[C@@H](OC)C1. The van der Waals surface area contributed by atoms with Crippen molar-refractivity contribution >= 4 is 0 Å². The van der Waals surface area contributed by atoms with Crippen molar-refractivity contribution in [2.24, 2.45) is 0 Å². The van der Waals surface area contributed by atoms with Gasteiger partial charge in [0.05, 0.1) is 6.10 Å². The Morgan fingerprint density at radius 3 is 2.80 bits per heavy atom. The number of rotatable bonds is 2. The highest BCUT2D eigenvalue weighted by Crippen LogP contribution is 2.19. The fraction of sp³-hybridized carbons (Fsp3) is 1.00. The molecule has 2 heteroatoms. The molecule has 2 nitrogen and oxygen atoms in total. The Morgan fingerprint density at radius 1 is 1.40 bits per heavy atom. The van der Waals surface area contributed by atoms with Gasteiger partial charge in [-0.2, -0.15) is 0 Å². The molecule has 1 aliphatic rings. The van der Waals surface area contributed by atoms with Crippen LogP contribution in [-0.4, -0.2) is 26.3 Å². The summed E-state index contributed by atoms with van der Waals surface area (Å²) in [5.74, 6) is 0. The Bertz CT molecular complexity index is 85.3. The van der Waals surface area contributed by atoms with Gasteiger partial charge in [0.25, 0.3) is 0 Å². The van der Waals surface area contributed by atoms with E-state index in [1.807, 2.05) is 14.2 Å². The summed E-state index contributed by atoms with van der Waals surface area (Å²) >= 11 is 0. The molecule has 0 aliphatic heterocycles. The van der Waals surface area contributed by atoms with Gasteiger partial charge in [0.15, 0.2) is 0 Å². The molecule has 2 atom stereocenters. The molecule has 0 aromatic carbocycles. The summed E-state index contributed by atoms with van der Waals surface area (Å²) < 4.78 is 5.28. The number of methoxy groups -OCH3 is 1. The van der Waals surface area contributed by atoms with Crippen LogP contribution in [0.4, 0.5) is 0 Å². The fourth-order valence-electron chi connectivity index (χ4n) is 1.62. The summed E-state index contributed by atoms with van der Waals surface area (Å²) in [4.78, 5) is 0. The normalized spacial score (nSPS) is 34.2. The maximum Gasteiger partial charge on any atom is 0.0586 e. The van der Waals surface area contributed by atoms with Crippen LogP contribution in [0.15, 0.2) is 0 Å². The third kappa shape index (κ3) is 1.96. The Morgan fingerprint density at radius 2 is 2.20 bits per heavy atom. The standard InChI is InChI=1S/C8H17NO/c1-9-7-4-3-5-8(6-7)10-2/h7-9H,3-6H2,1-2H3/t7-,8+/m0/s1. The minimum Gasteiger partial charge on any atom is -0.381 e. The Balaban J connectivity index is 2.25. The van der Waals surface area contributed by atoms with Gasteiger partial charge < -0.3 is 10.1 Å². The Kier molecular flexibility index (Phi) is 3.16. The van der Waals surface area contributed by atoms with Gasteiger partial charge >= 0.3 is 0 Å². The zero-order valence-electron chi connectivity index (χ0n) is 6.89. The van der Waals surface area contributed by atoms with E-state index in [0.29, 0.717) is 12.1 Å². The first-order valence-corrected chi connectivity index (χ1v) is 4.07. The summed E-state index contributed by atoms with van der Waals surface area (Å²) in [5, 5.41) is 3.29. The lowest BCUT2D eigenvalue weighted by molar-refractivity contribution is 0.0601. The molecule has 1 N–H and O–H groups in total. The van der Waals surface area contributed by atoms with E-state index < -0.39 is 0 Å². The van der Waals surface area contributed by atoms with E-state index in [-0.39, 0.29) is 0 Å². The molecule has 0 aromatic rings. The van der Waals surface area contributed by atoms with E-state index in [1.54, 1.807) is 0 Å². The van der Waals surface area contributed by atoms with Gasteiger partial charge in [-0.15, -0.1) is 0 Å². The topological polar surface area (TPSA) is 21.3 Å². The highest BCUT2D eigenvalue weighted by molar-refractivity contribution is 4.76. The summed E-state index contributed by atoms with van der Waals surface area (Å²) in [6, 6.07) is 0.693. The van der Waals surface area contributed by atoms with Crippen molar-refractivity contribution in [1.82, 2.24) is 5.32 Å². The molecule has 1 fully saturated rings. The molecule has 0 aromatic heterocycles. The van der Waals surface area contributed by atoms with Gasteiger partial charge in [-0.25, -0.2) is 0 Å². The molecule has 1 saturated carbocycles. The number of hydrogen-bond donors (Lipinski definition) is 1. The molecular weight excluding hydrogens is 126 g/mol. The molecule has 0 spiro atoms. The number of nitrogens with one attached hydrogen (secondary N) is 1. The van der Waals surface area contributed by atoms with Crippen LogP contribution < -0.4 is 5.32 Å². The predicted molar refractivity (Wildman–Crippen MR) is 42.1 cm³/mol. The number of ether oxygens (including phenoxy) is 1. The van der Waals surface area contributed by atoms with Gasteiger partial charge in [0.2, 0.25) is 0 Å². The molecule has 0 bridgehead atoms. The second-order valence-electron chi connectivity index (χ2n) is 3.01. The second-order valence-corrected chi connectivity index (χ2v) is 3.01. The first-order chi connectivity index (χ1) is 4.86. The largest absolute Gasteiger partial charge is 0.381 e. The number of hydrogen-bond acceptors (Lipinski definition) is 2. The third-order valence-electron chi connectivity index (χ3n) is 2.37. The molecule has 1 rings (SSSR count). The van der Waals surface area contributed by atoms with Crippen molar-refractivity contribution in [3.05, 3.63) is 0 Å². The quantitative estimate of drug-likeness (QED) is 0.626. The van der Waals surface area contributed by atoms with E-state index in [4.69, 9.17) is 4.74 Å². The van der Waals surface area contributed by atoms with Crippen LogP contribution in [0.5, 0.6) is 0 Å². The minimum absolute atomic E-state index is 0.506. The molecule has 10 heavy (non-hydrogen) atoms. The maximum absolute atomic E-state index is 5.28. The predicted octanol–water partition coefficient (Wildman–Crippen LogP) is 1.16. The van der Waals surface area contributed by atoms with Crippen LogP contribution in [0.25, 0.3) is 0 Å². The molecule has 60 valence electrons. The molecule has 0 unspecified atom stereocenters. The van der Waals surface area contributed by atoms with Crippen LogP contribution in [0.3, 0.4) is 0 Å². The minimum atomic E-state index is 0.506. The lowest BCUT2D eigenvalue weighted by Crippen LogP contribution is -2.34. The first-order valence-electron chi connectivity index (χ1n) is 4.07. The second kappa shape index (κ2) is 3.94. The molecule has 0 heterocycles. The van der Waals surface area contributed by atoms with Crippen LogP contribution in [0, 0.1) is 0 Å². The molecule has 0 saturated heterocycles. The van der Waals surface area contributed by atoms with Gasteiger partial charge in [-0.3, -0.25) is 0 Å². The van der Waals surface area contributed by atoms with Crippen molar-refractivity contribution in [3.63, 3.8) is 0 Å². The fourth-order valence-corrected chi connectivity index (χ4v) is 1.62. The van der Waals surface area contributed by atoms with Crippen LogP contribution in [0.2, 0.25) is 0 Å². The Hall–Kier alpha value is -0.0800. The van der Waals surface area contributed by atoms with E-state index >= 15 is 0 Å². The average molecular weight is 143 g/mol. The molecule has 0 radical (unpaired) electrons. The zero-order valence-corrected chi connectivity index (χ0v) is 6.89. The third-order valence-corrected chi connectivity index (χ3v) is 2.37. The summed E-state index contributed by atoms with van der Waals surface area (Å²) in [7, 11) is 3.84. The van der Waals surface area contributed by atoms with Crippen LogP contribution >= 0.6 is 0 Å². The smallest absolute Gasteiger partial charge is 0.0586 e. The lowest BCUT2D eigenvalue weighted by atomic mass is 9.93. The Labute approximate surface area is 63.0 Å². The van der Waals surface area contributed by atoms with Crippen molar-refractivity contribution in [1.29, 1.82) is 0 Å². The lowest BCUT2D eigenvalue weighted by Gasteiger charge is -2.27. The van der Waals surface area contributed by atoms with Crippen LogP contribution in [-0.2, 0) is 4.74 Å². The van der Waals surface area contributed by atoms with E-state index in [1.165, 1.54) is 25.7 Å². The van der Waals surface area contributed by atoms with Gasteiger partial charge in [-0.1, -0.05) is 0 Å². The zero-order chi connectivity index (χ0) is 7.40. The molecule has 0 amide bonds. The van der Waals surface area contributed by atoms with Gasteiger partial charge in [0.1, 0.15) is 0 Å². The maximum atomic E-state index is 5.28. The van der Waals surface area contributed by atoms with Crippen molar-refractivity contribution in [3.8, 4) is 0 Å². The van der Waals surface area contributed by atoms with Gasteiger partial charge in [-0.05, 0) is 32.7 Å². The van der Waals surface area contributed by atoms with Crippen LogP contribution in [0.1, 0.15) is 25.7 Å². The van der Waals surface area contributed by atoms with Gasteiger partial charge in [0, 0.05) is 13.2 Å². The van der Waals surface area contributed by atoms with Crippen molar-refractivity contribution in [2.45, 2.75) is 37.8 Å². The van der Waals surface area contributed by atoms with Crippen molar-refractivity contribution < 1.29 is 4.74 Å². The van der Waals surface area contributed by atoms with E-state index in [2.05, 4.69) is 5.32 Å². The summed E-state index contributed by atoms with van der Waals surface area (Å²) in [6.07, 6.45) is 5.56. The van der Waals surface area contributed by atoms with E-state index in [0.717, 1.165) is 0 Å². The first kappa shape index (κ1) is 8.02. The highest BCUT2D eigenvalue weighted by Gasteiger charge is 2.19. The van der Waals surface area contributed by atoms with Crippen molar-refractivity contribution in [2.75, 3.05) is 14.2 Å². The molecular formula is C8H17NO. The summed E-state index contributed by atoms with van der Waals surface area (Å²) in [6.45, 7) is 0. The highest BCUT2D eigenvalue weighted by atomic mass is 16.5.